The largest absolute Gasteiger partial charge is 0.396 e. The van der Waals surface area contributed by atoms with E-state index in [1.165, 1.54) is 17.9 Å². The Morgan fingerprint density at radius 3 is 2.57 bits per heavy atom. The summed E-state index contributed by atoms with van der Waals surface area (Å²) in [6, 6.07) is 0. The van der Waals surface area contributed by atoms with Crippen LogP contribution in [0.5, 0.6) is 0 Å². The molecular formula is C11H21NOS. The number of aliphatic hydroxyl groups excluding tert-OH is 1. The standard InChI is InChI=1S/C11H21NOS/c1-9(2)3-4-14-8-11(9)5-10(11,6-12)7-13/h13H,3-8,12H2,1-2H3. The van der Waals surface area contributed by atoms with Crippen LogP contribution in [0.4, 0.5) is 0 Å². The first-order valence-corrected chi connectivity index (χ1v) is 6.58. The molecule has 0 bridgehead atoms. The van der Waals surface area contributed by atoms with Crippen molar-refractivity contribution in [2.24, 2.45) is 22.0 Å². The molecule has 1 saturated carbocycles. The molecule has 3 heteroatoms. The van der Waals surface area contributed by atoms with Gasteiger partial charge in [-0.3, -0.25) is 0 Å². The second-order valence-electron chi connectivity index (χ2n) is 5.59. The van der Waals surface area contributed by atoms with E-state index in [0.29, 0.717) is 17.4 Å². The van der Waals surface area contributed by atoms with Gasteiger partial charge < -0.3 is 10.8 Å². The van der Waals surface area contributed by atoms with Gasteiger partial charge in [0, 0.05) is 17.7 Å². The van der Waals surface area contributed by atoms with Crippen molar-refractivity contribution in [3.63, 3.8) is 0 Å². The van der Waals surface area contributed by atoms with Gasteiger partial charge in [0.15, 0.2) is 0 Å². The fourth-order valence-electron chi connectivity index (χ4n) is 3.24. The molecule has 1 aliphatic heterocycles. The molecule has 2 aliphatic rings. The first-order chi connectivity index (χ1) is 6.54. The first-order valence-electron chi connectivity index (χ1n) is 5.42. The van der Waals surface area contributed by atoms with Crippen molar-refractivity contribution < 1.29 is 5.11 Å². The van der Waals surface area contributed by atoms with Gasteiger partial charge in [-0.25, -0.2) is 0 Å². The van der Waals surface area contributed by atoms with Crippen molar-refractivity contribution in [3.05, 3.63) is 0 Å². The molecule has 1 aliphatic carbocycles. The maximum Gasteiger partial charge on any atom is 0.0505 e. The molecule has 82 valence electrons. The highest BCUT2D eigenvalue weighted by molar-refractivity contribution is 7.99. The minimum absolute atomic E-state index is 0.0456. The van der Waals surface area contributed by atoms with Crippen LogP contribution < -0.4 is 5.73 Å². The van der Waals surface area contributed by atoms with E-state index in [0.717, 1.165) is 6.42 Å². The molecule has 0 aromatic heterocycles. The predicted octanol–water partition coefficient (Wildman–Crippen LogP) is 1.48. The van der Waals surface area contributed by atoms with Gasteiger partial charge in [-0.15, -0.1) is 0 Å². The van der Waals surface area contributed by atoms with Crippen LogP contribution in [0.2, 0.25) is 0 Å². The molecule has 0 aromatic carbocycles. The van der Waals surface area contributed by atoms with Gasteiger partial charge >= 0.3 is 0 Å². The lowest BCUT2D eigenvalue weighted by Crippen LogP contribution is -2.41. The average Bonchev–Trinajstić information content (AvgIpc) is 2.82. The Morgan fingerprint density at radius 1 is 1.43 bits per heavy atom. The number of hydrogen-bond donors (Lipinski definition) is 2. The molecule has 0 aromatic rings. The number of nitrogens with two attached hydrogens (primary N) is 1. The summed E-state index contributed by atoms with van der Waals surface area (Å²) < 4.78 is 0. The summed E-state index contributed by atoms with van der Waals surface area (Å²) in [5, 5.41) is 9.52. The maximum atomic E-state index is 9.52. The van der Waals surface area contributed by atoms with E-state index < -0.39 is 0 Å². The zero-order valence-electron chi connectivity index (χ0n) is 9.18. The van der Waals surface area contributed by atoms with E-state index >= 15 is 0 Å². The smallest absolute Gasteiger partial charge is 0.0505 e. The van der Waals surface area contributed by atoms with E-state index in [1.54, 1.807) is 0 Å². The van der Waals surface area contributed by atoms with E-state index in [2.05, 4.69) is 13.8 Å². The highest BCUT2D eigenvalue weighted by Crippen LogP contribution is 2.74. The van der Waals surface area contributed by atoms with Gasteiger partial charge in [0.2, 0.25) is 0 Å². The van der Waals surface area contributed by atoms with Crippen LogP contribution >= 0.6 is 11.8 Å². The Balaban J connectivity index is 2.25. The van der Waals surface area contributed by atoms with Crippen LogP contribution in [0.1, 0.15) is 26.7 Å². The summed E-state index contributed by atoms with van der Waals surface area (Å²) >= 11 is 2.03. The van der Waals surface area contributed by atoms with Crippen LogP contribution in [0.3, 0.4) is 0 Å². The second kappa shape index (κ2) is 3.13. The maximum absolute atomic E-state index is 9.52. The predicted molar refractivity (Wildman–Crippen MR) is 61.3 cm³/mol. The minimum atomic E-state index is 0.0456. The van der Waals surface area contributed by atoms with Crippen LogP contribution in [-0.2, 0) is 0 Å². The molecule has 0 amide bonds. The summed E-state index contributed by atoms with van der Waals surface area (Å²) in [5.41, 5.74) is 6.57. The normalized spacial score (nSPS) is 45.4. The van der Waals surface area contributed by atoms with Gasteiger partial charge in [-0.2, -0.15) is 11.8 Å². The van der Waals surface area contributed by atoms with Crippen LogP contribution in [-0.4, -0.2) is 29.8 Å². The lowest BCUT2D eigenvalue weighted by atomic mass is 9.70. The topological polar surface area (TPSA) is 46.2 Å². The van der Waals surface area contributed by atoms with Crippen molar-refractivity contribution in [1.82, 2.24) is 0 Å². The number of thioether (sulfide) groups is 1. The third-order valence-electron chi connectivity index (χ3n) is 4.74. The summed E-state index contributed by atoms with van der Waals surface area (Å²) in [4.78, 5) is 0. The van der Waals surface area contributed by atoms with Gasteiger partial charge in [-0.05, 0) is 29.4 Å². The minimum Gasteiger partial charge on any atom is -0.396 e. The quantitative estimate of drug-likeness (QED) is 0.733. The van der Waals surface area contributed by atoms with Gasteiger partial charge in [-0.1, -0.05) is 13.8 Å². The molecular weight excluding hydrogens is 194 g/mol. The molecule has 2 nitrogen and oxygen atoms in total. The Hall–Kier alpha value is 0.270. The van der Waals surface area contributed by atoms with E-state index in [-0.39, 0.29) is 12.0 Å². The number of rotatable bonds is 2. The first kappa shape index (κ1) is 10.8. The van der Waals surface area contributed by atoms with E-state index in [4.69, 9.17) is 5.73 Å². The van der Waals surface area contributed by atoms with E-state index in [9.17, 15) is 5.11 Å². The fraction of sp³-hybridized carbons (Fsp3) is 1.00. The van der Waals surface area contributed by atoms with Crippen LogP contribution in [0.25, 0.3) is 0 Å². The van der Waals surface area contributed by atoms with Crippen LogP contribution in [0.15, 0.2) is 0 Å². The number of aliphatic hydroxyl groups is 1. The molecule has 2 unspecified atom stereocenters. The molecule has 2 fully saturated rings. The Bertz CT molecular complexity index is 237. The zero-order chi connectivity index (χ0) is 10.4. The number of hydrogen-bond acceptors (Lipinski definition) is 3. The Labute approximate surface area is 90.6 Å². The fourth-order valence-corrected chi connectivity index (χ4v) is 5.19. The molecule has 1 spiro atoms. The summed E-state index contributed by atoms with van der Waals surface area (Å²) in [6.07, 6.45) is 2.40. The average molecular weight is 215 g/mol. The summed E-state index contributed by atoms with van der Waals surface area (Å²) in [5.74, 6) is 2.46. The Kier molecular flexibility index (Phi) is 2.41. The molecule has 2 rings (SSSR count). The van der Waals surface area contributed by atoms with Crippen molar-refractivity contribution in [3.8, 4) is 0 Å². The molecule has 14 heavy (non-hydrogen) atoms. The molecule has 3 N–H and O–H groups in total. The van der Waals surface area contributed by atoms with E-state index in [1.807, 2.05) is 11.8 Å². The van der Waals surface area contributed by atoms with Crippen LogP contribution in [0, 0.1) is 16.2 Å². The monoisotopic (exact) mass is 215 g/mol. The second-order valence-corrected chi connectivity index (χ2v) is 6.69. The van der Waals surface area contributed by atoms with Crippen molar-refractivity contribution >= 4 is 11.8 Å². The lowest BCUT2D eigenvalue weighted by molar-refractivity contribution is 0.0999. The third-order valence-corrected chi connectivity index (χ3v) is 5.93. The molecule has 1 heterocycles. The SMILES string of the molecule is CC1(C)CCSCC12CC2(CN)CO. The van der Waals surface area contributed by atoms with Crippen molar-refractivity contribution in [1.29, 1.82) is 0 Å². The third kappa shape index (κ3) is 1.12. The highest BCUT2D eigenvalue weighted by Gasteiger charge is 2.72. The lowest BCUT2D eigenvalue weighted by Gasteiger charge is -2.42. The highest BCUT2D eigenvalue weighted by atomic mass is 32.2. The summed E-state index contributed by atoms with van der Waals surface area (Å²) in [7, 11) is 0. The van der Waals surface area contributed by atoms with Gasteiger partial charge in [0.25, 0.3) is 0 Å². The van der Waals surface area contributed by atoms with Crippen molar-refractivity contribution in [2.75, 3.05) is 24.7 Å². The molecule has 1 saturated heterocycles. The zero-order valence-corrected chi connectivity index (χ0v) is 9.99. The van der Waals surface area contributed by atoms with Gasteiger partial charge in [0.1, 0.15) is 0 Å². The molecule has 0 radical (unpaired) electrons. The van der Waals surface area contributed by atoms with Gasteiger partial charge in [0.05, 0.1) is 6.61 Å². The molecule has 2 atom stereocenters. The Morgan fingerprint density at radius 2 is 2.14 bits per heavy atom. The van der Waals surface area contributed by atoms with Crippen molar-refractivity contribution in [2.45, 2.75) is 26.7 Å². The summed E-state index contributed by atoms with van der Waals surface area (Å²) in [6.45, 7) is 5.61.